The van der Waals surface area contributed by atoms with E-state index in [-0.39, 0.29) is 5.56 Å². The highest BCUT2D eigenvalue weighted by Crippen LogP contribution is 2.10. The highest BCUT2D eigenvalue weighted by molar-refractivity contribution is 5.72. The van der Waals surface area contributed by atoms with Gasteiger partial charge in [-0.3, -0.25) is 4.79 Å². The van der Waals surface area contributed by atoms with E-state index in [1.54, 1.807) is 25.2 Å². The molecule has 0 aliphatic rings. The highest BCUT2D eigenvalue weighted by atomic mass is 16.1. The number of nitrogens with zero attached hydrogens (tertiary/aromatic N) is 1. The second-order valence-corrected chi connectivity index (χ2v) is 2.78. The predicted molar refractivity (Wildman–Crippen MR) is 58.0 cm³/mol. The van der Waals surface area contributed by atoms with Gasteiger partial charge in [-0.2, -0.15) is 0 Å². The van der Waals surface area contributed by atoms with Gasteiger partial charge in [-0.1, -0.05) is 31.4 Å². The van der Waals surface area contributed by atoms with Crippen LogP contribution in [0.4, 0.5) is 0 Å². The van der Waals surface area contributed by atoms with Gasteiger partial charge in [0.15, 0.2) is 0 Å². The van der Waals surface area contributed by atoms with Crippen molar-refractivity contribution in [3.8, 4) is 0 Å². The molecule has 0 unspecified atom stereocenters. The molecule has 0 saturated heterocycles. The van der Waals surface area contributed by atoms with Crippen LogP contribution in [-0.4, -0.2) is 9.97 Å². The lowest BCUT2D eigenvalue weighted by Crippen LogP contribution is -2.09. The summed E-state index contributed by atoms with van der Waals surface area (Å²) in [4.78, 5) is 17.9. The maximum atomic E-state index is 11.2. The molecule has 1 heterocycles. The fraction of sp³-hybridized carbons (Fsp3) is 0.0909. The van der Waals surface area contributed by atoms with E-state index in [9.17, 15) is 4.79 Å². The van der Waals surface area contributed by atoms with E-state index in [1.165, 1.54) is 6.07 Å². The maximum absolute atomic E-state index is 11.2. The zero-order valence-electron chi connectivity index (χ0n) is 8.08. The predicted octanol–water partition coefficient (Wildman–Crippen LogP) is 1.83. The highest BCUT2D eigenvalue weighted by Gasteiger charge is 2.00. The Labute approximate surface area is 82.5 Å². The van der Waals surface area contributed by atoms with Crippen LogP contribution < -0.4 is 5.56 Å². The van der Waals surface area contributed by atoms with Crippen molar-refractivity contribution < 1.29 is 0 Å². The van der Waals surface area contributed by atoms with E-state index in [4.69, 9.17) is 0 Å². The molecule has 0 fully saturated rings. The number of hydrogen-bond donors (Lipinski definition) is 1. The Bertz CT molecular complexity index is 441. The van der Waals surface area contributed by atoms with Crippen LogP contribution in [0.5, 0.6) is 0 Å². The monoisotopic (exact) mass is 188 g/mol. The molecule has 3 heteroatoms. The Balaban J connectivity index is 3.30. The summed E-state index contributed by atoms with van der Waals surface area (Å²) in [6.07, 6.45) is 5.03. The lowest BCUT2D eigenvalue weighted by atomic mass is 10.1. The van der Waals surface area contributed by atoms with Gasteiger partial charge in [-0.05, 0) is 12.5 Å². The van der Waals surface area contributed by atoms with E-state index in [0.717, 1.165) is 5.57 Å². The molecular weight excluding hydrogens is 176 g/mol. The summed E-state index contributed by atoms with van der Waals surface area (Å²) in [5.41, 5.74) is 1.24. The van der Waals surface area contributed by atoms with E-state index >= 15 is 0 Å². The first-order valence-corrected chi connectivity index (χ1v) is 4.21. The van der Waals surface area contributed by atoms with Gasteiger partial charge in [0, 0.05) is 6.07 Å². The van der Waals surface area contributed by atoms with Gasteiger partial charge in [-0.25, -0.2) is 4.98 Å². The zero-order chi connectivity index (χ0) is 10.6. The number of nitrogens with one attached hydrogen (secondary N) is 1. The average Bonchev–Trinajstić information content (AvgIpc) is 2.12. The fourth-order valence-electron chi connectivity index (χ4n) is 1.11. The van der Waals surface area contributed by atoms with E-state index in [1.807, 2.05) is 0 Å². The first-order chi connectivity index (χ1) is 6.67. The van der Waals surface area contributed by atoms with Crippen molar-refractivity contribution in [1.29, 1.82) is 0 Å². The number of aryl methyl sites for hydroxylation is 1. The minimum absolute atomic E-state index is 0.163. The van der Waals surface area contributed by atoms with Crippen LogP contribution in [0.15, 0.2) is 42.2 Å². The molecule has 1 aromatic rings. The molecular formula is C11H12N2O. The van der Waals surface area contributed by atoms with Crippen molar-refractivity contribution in [2.45, 2.75) is 6.92 Å². The number of aromatic amines is 1. The first-order valence-electron chi connectivity index (χ1n) is 4.21. The second-order valence-electron chi connectivity index (χ2n) is 2.78. The number of allylic oxidation sites excluding steroid dienone is 4. The summed E-state index contributed by atoms with van der Waals surface area (Å²) in [5, 5.41) is 0. The topological polar surface area (TPSA) is 45.8 Å². The standard InChI is InChI=1S/C11H12N2O/c1-4-6-9(5-2)10-7-11(14)13-8(3)12-10/h4-7H,1-2H2,3H3,(H,12,13,14)/b9-6+. The van der Waals surface area contributed by atoms with E-state index < -0.39 is 0 Å². The lowest BCUT2D eigenvalue weighted by Gasteiger charge is -2.00. The Morgan fingerprint density at radius 2 is 2.29 bits per heavy atom. The number of aromatic nitrogens is 2. The molecule has 0 aromatic carbocycles. The van der Waals surface area contributed by atoms with Gasteiger partial charge in [0.25, 0.3) is 5.56 Å². The van der Waals surface area contributed by atoms with Crippen LogP contribution in [-0.2, 0) is 0 Å². The third kappa shape index (κ3) is 2.29. The van der Waals surface area contributed by atoms with Crippen molar-refractivity contribution in [1.82, 2.24) is 9.97 Å². The molecule has 1 rings (SSSR count). The van der Waals surface area contributed by atoms with Crippen molar-refractivity contribution >= 4 is 5.57 Å². The van der Waals surface area contributed by atoms with Gasteiger partial charge >= 0.3 is 0 Å². The first kappa shape index (κ1) is 10.2. The summed E-state index contributed by atoms with van der Waals surface area (Å²) in [6.45, 7) is 8.96. The molecule has 0 aliphatic heterocycles. The smallest absolute Gasteiger partial charge is 0.251 e. The molecule has 1 N–H and O–H groups in total. The zero-order valence-corrected chi connectivity index (χ0v) is 8.08. The molecule has 0 amide bonds. The minimum atomic E-state index is -0.163. The summed E-state index contributed by atoms with van der Waals surface area (Å²) >= 11 is 0. The van der Waals surface area contributed by atoms with E-state index in [0.29, 0.717) is 11.5 Å². The van der Waals surface area contributed by atoms with Crippen LogP contribution in [0.25, 0.3) is 5.57 Å². The Hall–Kier alpha value is -1.90. The Morgan fingerprint density at radius 1 is 1.57 bits per heavy atom. The normalized spacial score (nSPS) is 11.1. The summed E-state index contributed by atoms with van der Waals surface area (Å²) in [5.74, 6) is 0.587. The molecule has 0 bridgehead atoms. The largest absolute Gasteiger partial charge is 0.311 e. The fourth-order valence-corrected chi connectivity index (χ4v) is 1.11. The second kappa shape index (κ2) is 4.37. The Kier molecular flexibility index (Phi) is 3.18. The van der Waals surface area contributed by atoms with Gasteiger partial charge < -0.3 is 4.98 Å². The quantitative estimate of drug-likeness (QED) is 0.735. The third-order valence-electron chi connectivity index (χ3n) is 1.67. The SMILES string of the molecule is C=C/C=C(\C=C)c1cc(=O)[nH]c(C)n1. The van der Waals surface area contributed by atoms with Crippen LogP contribution in [0.1, 0.15) is 11.5 Å². The van der Waals surface area contributed by atoms with Gasteiger partial charge in [-0.15, -0.1) is 0 Å². The molecule has 0 aliphatic carbocycles. The minimum Gasteiger partial charge on any atom is -0.311 e. The third-order valence-corrected chi connectivity index (χ3v) is 1.67. The maximum Gasteiger partial charge on any atom is 0.251 e. The molecule has 0 spiro atoms. The van der Waals surface area contributed by atoms with Crippen LogP contribution >= 0.6 is 0 Å². The van der Waals surface area contributed by atoms with Gasteiger partial charge in [0.2, 0.25) is 0 Å². The molecule has 3 nitrogen and oxygen atoms in total. The van der Waals surface area contributed by atoms with Gasteiger partial charge in [0.1, 0.15) is 5.82 Å². The van der Waals surface area contributed by atoms with Crippen molar-refractivity contribution in [2.24, 2.45) is 0 Å². The van der Waals surface area contributed by atoms with Crippen LogP contribution in [0.3, 0.4) is 0 Å². The van der Waals surface area contributed by atoms with Crippen LogP contribution in [0, 0.1) is 6.92 Å². The molecule has 0 saturated carbocycles. The molecule has 1 aromatic heterocycles. The van der Waals surface area contributed by atoms with Crippen molar-refractivity contribution in [3.63, 3.8) is 0 Å². The summed E-state index contributed by atoms with van der Waals surface area (Å²) in [7, 11) is 0. The average molecular weight is 188 g/mol. The molecule has 0 radical (unpaired) electrons. The van der Waals surface area contributed by atoms with Crippen LogP contribution in [0.2, 0.25) is 0 Å². The Morgan fingerprint density at radius 3 is 2.79 bits per heavy atom. The number of hydrogen-bond acceptors (Lipinski definition) is 2. The molecule has 72 valence electrons. The van der Waals surface area contributed by atoms with E-state index in [2.05, 4.69) is 23.1 Å². The molecule has 0 atom stereocenters. The summed E-state index contributed by atoms with van der Waals surface area (Å²) in [6, 6.07) is 1.43. The number of rotatable bonds is 3. The van der Waals surface area contributed by atoms with Crippen molar-refractivity contribution in [3.05, 3.63) is 59.3 Å². The summed E-state index contributed by atoms with van der Waals surface area (Å²) < 4.78 is 0. The van der Waals surface area contributed by atoms with Crippen molar-refractivity contribution in [2.75, 3.05) is 0 Å². The lowest BCUT2D eigenvalue weighted by molar-refractivity contribution is 1.01. The number of H-pyrrole nitrogens is 1. The molecule has 14 heavy (non-hydrogen) atoms. The van der Waals surface area contributed by atoms with Gasteiger partial charge in [0.05, 0.1) is 5.69 Å².